The van der Waals surface area contributed by atoms with Gasteiger partial charge in [0.05, 0.1) is 24.5 Å². The average molecular weight is 395 g/mol. The second-order valence-corrected chi connectivity index (χ2v) is 6.12. The number of carbonyl (C=O) groups is 1. The molecule has 29 heavy (non-hydrogen) atoms. The van der Waals surface area contributed by atoms with E-state index in [1.54, 1.807) is 54.7 Å². The van der Waals surface area contributed by atoms with E-state index < -0.39 is 17.9 Å². The van der Waals surface area contributed by atoms with E-state index in [0.717, 1.165) is 0 Å². The second-order valence-electron chi connectivity index (χ2n) is 6.12. The fourth-order valence-corrected chi connectivity index (χ4v) is 2.85. The fraction of sp³-hybridized carbons (Fsp3) is 0.217. The Hall–Kier alpha value is -3.41. The Labute approximate surface area is 169 Å². The lowest BCUT2D eigenvalue weighted by Crippen LogP contribution is -2.14. The number of carbonyl (C=O) groups excluding carboxylic acids is 1. The maximum absolute atomic E-state index is 13.8. The van der Waals surface area contributed by atoms with Gasteiger partial charge in [-0.15, -0.1) is 0 Å². The van der Waals surface area contributed by atoms with Crippen LogP contribution in [0.5, 0.6) is 11.5 Å². The SMILES string of the molecule is CCOc1ccc(C(=O)OC(c2cccc(F)c2)c2ccccn2)cc1OCC. The van der Waals surface area contributed by atoms with E-state index in [9.17, 15) is 9.18 Å². The van der Waals surface area contributed by atoms with E-state index in [1.807, 2.05) is 13.8 Å². The Bertz CT molecular complexity index is 962. The van der Waals surface area contributed by atoms with Crippen molar-refractivity contribution in [2.24, 2.45) is 0 Å². The Morgan fingerprint density at radius 3 is 2.45 bits per heavy atom. The van der Waals surface area contributed by atoms with E-state index in [4.69, 9.17) is 14.2 Å². The van der Waals surface area contributed by atoms with Crippen molar-refractivity contribution in [2.75, 3.05) is 13.2 Å². The molecule has 1 unspecified atom stereocenters. The maximum atomic E-state index is 13.8. The van der Waals surface area contributed by atoms with Crippen molar-refractivity contribution in [3.8, 4) is 11.5 Å². The molecule has 0 amide bonds. The smallest absolute Gasteiger partial charge is 0.339 e. The molecule has 0 radical (unpaired) electrons. The van der Waals surface area contributed by atoms with Gasteiger partial charge in [0.15, 0.2) is 17.6 Å². The monoisotopic (exact) mass is 395 g/mol. The molecule has 0 saturated carbocycles. The lowest BCUT2D eigenvalue weighted by molar-refractivity contribution is 0.0369. The first-order chi connectivity index (χ1) is 14.1. The summed E-state index contributed by atoms with van der Waals surface area (Å²) in [6.45, 7) is 4.62. The van der Waals surface area contributed by atoms with Crippen LogP contribution < -0.4 is 9.47 Å². The number of hydrogen-bond acceptors (Lipinski definition) is 5. The number of esters is 1. The number of pyridine rings is 1. The number of benzene rings is 2. The molecule has 2 aromatic carbocycles. The first-order valence-corrected chi connectivity index (χ1v) is 9.39. The molecule has 5 nitrogen and oxygen atoms in total. The number of nitrogens with zero attached hydrogens (tertiary/aromatic N) is 1. The summed E-state index contributed by atoms with van der Waals surface area (Å²) >= 11 is 0. The lowest BCUT2D eigenvalue weighted by atomic mass is 10.1. The highest BCUT2D eigenvalue weighted by atomic mass is 19.1. The minimum absolute atomic E-state index is 0.300. The van der Waals surface area contributed by atoms with Gasteiger partial charge in [-0.1, -0.05) is 18.2 Å². The van der Waals surface area contributed by atoms with Crippen LogP contribution in [0.15, 0.2) is 66.9 Å². The van der Waals surface area contributed by atoms with Crippen LogP contribution >= 0.6 is 0 Å². The van der Waals surface area contributed by atoms with Crippen molar-refractivity contribution < 1.29 is 23.4 Å². The van der Waals surface area contributed by atoms with Gasteiger partial charge in [0, 0.05) is 11.8 Å². The summed E-state index contributed by atoms with van der Waals surface area (Å²) in [6.07, 6.45) is 0.751. The van der Waals surface area contributed by atoms with E-state index >= 15 is 0 Å². The predicted molar refractivity (Wildman–Crippen MR) is 107 cm³/mol. The highest BCUT2D eigenvalue weighted by molar-refractivity contribution is 5.90. The van der Waals surface area contributed by atoms with E-state index in [1.165, 1.54) is 12.1 Å². The van der Waals surface area contributed by atoms with Gasteiger partial charge in [0.1, 0.15) is 5.82 Å². The molecule has 0 spiro atoms. The summed E-state index contributed by atoms with van der Waals surface area (Å²) in [5.74, 6) is 0.0225. The van der Waals surface area contributed by atoms with Crippen LogP contribution in [0.1, 0.15) is 41.6 Å². The average Bonchev–Trinajstić information content (AvgIpc) is 2.74. The van der Waals surface area contributed by atoms with Crippen LogP contribution in [0, 0.1) is 5.82 Å². The Morgan fingerprint density at radius 2 is 1.76 bits per heavy atom. The minimum atomic E-state index is -0.846. The lowest BCUT2D eigenvalue weighted by Gasteiger charge is -2.19. The molecule has 3 aromatic rings. The Kier molecular flexibility index (Phi) is 6.79. The zero-order valence-electron chi connectivity index (χ0n) is 16.3. The molecule has 0 N–H and O–H groups in total. The van der Waals surface area contributed by atoms with Crippen LogP contribution in [0.25, 0.3) is 0 Å². The van der Waals surface area contributed by atoms with Crippen molar-refractivity contribution in [1.82, 2.24) is 4.98 Å². The molecule has 0 bridgehead atoms. The Morgan fingerprint density at radius 1 is 0.966 bits per heavy atom. The van der Waals surface area contributed by atoms with Crippen molar-refractivity contribution in [3.63, 3.8) is 0 Å². The third-order valence-electron chi connectivity index (χ3n) is 4.11. The van der Waals surface area contributed by atoms with E-state index in [2.05, 4.69) is 4.98 Å². The van der Waals surface area contributed by atoms with Crippen LogP contribution in [-0.2, 0) is 4.74 Å². The third kappa shape index (κ3) is 5.10. The zero-order chi connectivity index (χ0) is 20.6. The van der Waals surface area contributed by atoms with Crippen molar-refractivity contribution in [1.29, 1.82) is 0 Å². The number of hydrogen-bond donors (Lipinski definition) is 0. The van der Waals surface area contributed by atoms with Gasteiger partial charge in [0.2, 0.25) is 0 Å². The molecule has 0 aliphatic carbocycles. The van der Waals surface area contributed by atoms with Crippen molar-refractivity contribution >= 4 is 5.97 Å². The number of rotatable bonds is 8. The molecule has 1 aromatic heterocycles. The molecule has 1 atom stereocenters. The van der Waals surface area contributed by atoms with Crippen LogP contribution in [0.3, 0.4) is 0 Å². The molecule has 0 saturated heterocycles. The van der Waals surface area contributed by atoms with Crippen LogP contribution in [-0.4, -0.2) is 24.2 Å². The Balaban J connectivity index is 1.91. The number of aromatic nitrogens is 1. The van der Waals surface area contributed by atoms with Crippen LogP contribution in [0.2, 0.25) is 0 Å². The third-order valence-corrected chi connectivity index (χ3v) is 4.11. The summed E-state index contributed by atoms with van der Waals surface area (Å²) in [7, 11) is 0. The van der Waals surface area contributed by atoms with Crippen LogP contribution in [0.4, 0.5) is 4.39 Å². The molecule has 1 heterocycles. The molecule has 6 heteroatoms. The molecule has 0 aliphatic rings. The first kappa shape index (κ1) is 20.3. The van der Waals surface area contributed by atoms with Gasteiger partial charge in [-0.25, -0.2) is 9.18 Å². The minimum Gasteiger partial charge on any atom is -0.490 e. The number of halogens is 1. The highest BCUT2D eigenvalue weighted by Crippen LogP contribution is 2.31. The first-order valence-electron chi connectivity index (χ1n) is 9.39. The molecular weight excluding hydrogens is 373 g/mol. The molecule has 150 valence electrons. The molecule has 0 aliphatic heterocycles. The summed E-state index contributed by atoms with van der Waals surface area (Å²) in [4.78, 5) is 17.1. The van der Waals surface area contributed by atoms with Gasteiger partial charge in [-0.2, -0.15) is 0 Å². The highest BCUT2D eigenvalue weighted by Gasteiger charge is 2.22. The van der Waals surface area contributed by atoms with Gasteiger partial charge >= 0.3 is 5.97 Å². The van der Waals surface area contributed by atoms with Crippen molar-refractivity contribution in [2.45, 2.75) is 20.0 Å². The topological polar surface area (TPSA) is 57.7 Å². The predicted octanol–water partition coefficient (Wildman–Crippen LogP) is 4.96. The second kappa shape index (κ2) is 9.68. The summed E-state index contributed by atoms with van der Waals surface area (Å²) in [5.41, 5.74) is 1.30. The summed E-state index contributed by atoms with van der Waals surface area (Å²) in [6, 6.07) is 16.1. The maximum Gasteiger partial charge on any atom is 0.339 e. The van der Waals surface area contributed by atoms with Gasteiger partial charge < -0.3 is 14.2 Å². The quantitative estimate of drug-likeness (QED) is 0.504. The van der Waals surface area contributed by atoms with Crippen molar-refractivity contribution in [3.05, 3.63) is 89.5 Å². The molecular formula is C23H22FNO4. The van der Waals surface area contributed by atoms with Gasteiger partial charge in [-0.05, 0) is 56.3 Å². The number of ether oxygens (including phenoxy) is 3. The normalized spacial score (nSPS) is 11.6. The standard InChI is InChI=1S/C23H22FNO4/c1-3-27-20-12-11-17(15-21(20)28-4-2)23(26)29-22(19-10-5-6-13-25-19)16-8-7-9-18(24)14-16/h5-15,22H,3-4H2,1-2H3. The van der Waals surface area contributed by atoms with E-state index in [-0.39, 0.29) is 0 Å². The van der Waals surface area contributed by atoms with Gasteiger partial charge in [-0.3, -0.25) is 4.98 Å². The fourth-order valence-electron chi connectivity index (χ4n) is 2.85. The zero-order valence-corrected chi connectivity index (χ0v) is 16.3. The molecule has 0 fully saturated rings. The van der Waals surface area contributed by atoms with E-state index in [0.29, 0.717) is 41.5 Å². The summed E-state index contributed by atoms with van der Waals surface area (Å²) < 4.78 is 30.6. The largest absolute Gasteiger partial charge is 0.490 e. The van der Waals surface area contributed by atoms with Gasteiger partial charge in [0.25, 0.3) is 0 Å². The molecule has 3 rings (SSSR count). The summed E-state index contributed by atoms with van der Waals surface area (Å²) in [5, 5.41) is 0.